The first-order valence-electron chi connectivity index (χ1n) is 4.88. The minimum absolute atomic E-state index is 0.106. The van der Waals surface area contributed by atoms with Crippen LogP contribution in [0.4, 0.5) is 0 Å². The predicted molar refractivity (Wildman–Crippen MR) is 51.7 cm³/mol. The number of carbonyl (C=O) groups excluding carboxylic acids is 1. The van der Waals surface area contributed by atoms with Crippen LogP contribution in [0.5, 0.6) is 0 Å². The van der Waals surface area contributed by atoms with E-state index in [4.69, 9.17) is 0 Å². The number of carbonyl (C=O) groups is 1. The maximum absolute atomic E-state index is 11.3. The van der Waals surface area contributed by atoms with Crippen molar-refractivity contribution in [2.75, 3.05) is 6.54 Å². The molecule has 0 aliphatic heterocycles. The summed E-state index contributed by atoms with van der Waals surface area (Å²) in [4.78, 5) is 11.3. The quantitative estimate of drug-likeness (QED) is 0.629. The maximum atomic E-state index is 11.3. The Morgan fingerprint density at radius 1 is 1.67 bits per heavy atom. The molecule has 0 saturated carbocycles. The zero-order chi connectivity index (χ0) is 11.1. The van der Waals surface area contributed by atoms with E-state index in [1.54, 1.807) is 0 Å². The molecule has 1 unspecified atom stereocenters. The number of nitrogens with one attached hydrogen (secondary N) is 1. The second-order valence-corrected chi connectivity index (χ2v) is 3.21. The van der Waals surface area contributed by atoms with E-state index in [1.807, 2.05) is 6.92 Å². The molecule has 84 valence electrons. The van der Waals surface area contributed by atoms with Crippen LogP contribution in [0.1, 0.15) is 19.8 Å². The summed E-state index contributed by atoms with van der Waals surface area (Å²) in [6.45, 7) is 2.47. The maximum Gasteiger partial charge on any atom is 0.241 e. The standard InChI is InChI=1S/C8H15N5O2/c1-2-7(14)3-4-9-8(15)5-13-6-10-11-12-13/h6-7,14H,2-5H2,1H3,(H,9,15). The zero-order valence-electron chi connectivity index (χ0n) is 8.63. The van der Waals surface area contributed by atoms with Crippen LogP contribution in [0.2, 0.25) is 0 Å². The highest BCUT2D eigenvalue weighted by molar-refractivity contribution is 5.75. The molecule has 1 heterocycles. The Morgan fingerprint density at radius 3 is 3.07 bits per heavy atom. The molecule has 1 amide bonds. The van der Waals surface area contributed by atoms with Gasteiger partial charge in [-0.25, -0.2) is 4.68 Å². The molecular formula is C8H15N5O2. The number of rotatable bonds is 6. The van der Waals surface area contributed by atoms with Crippen LogP contribution in [0.15, 0.2) is 6.33 Å². The van der Waals surface area contributed by atoms with Crippen molar-refractivity contribution < 1.29 is 9.90 Å². The SMILES string of the molecule is CCC(O)CCNC(=O)Cn1cnnn1. The van der Waals surface area contributed by atoms with Crippen molar-refractivity contribution in [1.29, 1.82) is 0 Å². The molecule has 0 spiro atoms. The van der Waals surface area contributed by atoms with Gasteiger partial charge in [0.25, 0.3) is 0 Å². The molecule has 0 saturated heterocycles. The Kier molecular flexibility index (Phi) is 4.69. The zero-order valence-corrected chi connectivity index (χ0v) is 8.63. The van der Waals surface area contributed by atoms with Crippen molar-refractivity contribution >= 4 is 5.91 Å². The summed E-state index contributed by atoms with van der Waals surface area (Å²) in [6, 6.07) is 0. The van der Waals surface area contributed by atoms with E-state index in [1.165, 1.54) is 11.0 Å². The number of aliphatic hydroxyl groups excluding tert-OH is 1. The fourth-order valence-electron chi connectivity index (χ4n) is 1.04. The molecule has 2 N–H and O–H groups in total. The summed E-state index contributed by atoms with van der Waals surface area (Å²) < 4.78 is 1.34. The largest absolute Gasteiger partial charge is 0.393 e. The van der Waals surface area contributed by atoms with E-state index in [0.717, 1.165) is 0 Å². The minimum Gasteiger partial charge on any atom is -0.393 e. The van der Waals surface area contributed by atoms with Crippen LogP contribution in [0.3, 0.4) is 0 Å². The van der Waals surface area contributed by atoms with Crippen molar-refractivity contribution in [3.8, 4) is 0 Å². The molecule has 0 fully saturated rings. The first kappa shape index (κ1) is 11.6. The highest BCUT2D eigenvalue weighted by Crippen LogP contribution is 1.94. The van der Waals surface area contributed by atoms with E-state index in [9.17, 15) is 9.90 Å². The van der Waals surface area contributed by atoms with Crippen molar-refractivity contribution in [2.24, 2.45) is 0 Å². The smallest absolute Gasteiger partial charge is 0.241 e. The summed E-state index contributed by atoms with van der Waals surface area (Å²) >= 11 is 0. The van der Waals surface area contributed by atoms with E-state index >= 15 is 0 Å². The monoisotopic (exact) mass is 213 g/mol. The molecule has 7 nitrogen and oxygen atoms in total. The second kappa shape index (κ2) is 6.07. The molecule has 1 rings (SSSR count). The lowest BCUT2D eigenvalue weighted by atomic mass is 10.2. The molecule has 0 aliphatic rings. The minimum atomic E-state index is -0.349. The van der Waals surface area contributed by atoms with Gasteiger partial charge in [0.1, 0.15) is 12.9 Å². The molecule has 1 aromatic rings. The number of hydrogen-bond donors (Lipinski definition) is 2. The van der Waals surface area contributed by atoms with Crippen LogP contribution in [-0.2, 0) is 11.3 Å². The Hall–Kier alpha value is -1.50. The molecule has 0 radical (unpaired) electrons. The third kappa shape index (κ3) is 4.50. The highest BCUT2D eigenvalue weighted by atomic mass is 16.3. The van der Waals surface area contributed by atoms with Gasteiger partial charge in [0.2, 0.25) is 5.91 Å². The van der Waals surface area contributed by atoms with Gasteiger partial charge in [-0.2, -0.15) is 0 Å². The molecule has 7 heteroatoms. The van der Waals surface area contributed by atoms with Gasteiger partial charge in [-0.1, -0.05) is 6.92 Å². The summed E-state index contributed by atoms with van der Waals surface area (Å²) in [5.74, 6) is -0.161. The molecule has 0 aliphatic carbocycles. The fourth-order valence-corrected chi connectivity index (χ4v) is 1.04. The lowest BCUT2D eigenvalue weighted by Crippen LogP contribution is -2.30. The lowest BCUT2D eigenvalue weighted by molar-refractivity contribution is -0.121. The van der Waals surface area contributed by atoms with Crippen LogP contribution >= 0.6 is 0 Å². The summed E-state index contributed by atoms with van der Waals surface area (Å²) in [5.41, 5.74) is 0. The van der Waals surface area contributed by atoms with Gasteiger partial charge in [-0.15, -0.1) is 5.10 Å². The summed E-state index contributed by atoms with van der Waals surface area (Å²) in [7, 11) is 0. The number of nitrogens with zero attached hydrogens (tertiary/aromatic N) is 4. The van der Waals surface area contributed by atoms with Crippen LogP contribution in [-0.4, -0.2) is 43.9 Å². The Morgan fingerprint density at radius 2 is 2.47 bits per heavy atom. The van der Waals surface area contributed by atoms with E-state index in [-0.39, 0.29) is 18.6 Å². The molecule has 1 atom stereocenters. The van der Waals surface area contributed by atoms with Gasteiger partial charge in [-0.05, 0) is 23.3 Å². The molecule has 15 heavy (non-hydrogen) atoms. The number of tetrazole rings is 1. The average Bonchev–Trinajstić information content (AvgIpc) is 2.70. The number of amides is 1. The lowest BCUT2D eigenvalue weighted by Gasteiger charge is -2.08. The third-order valence-corrected chi connectivity index (χ3v) is 1.97. The van der Waals surface area contributed by atoms with Crippen molar-refractivity contribution in [3.05, 3.63) is 6.33 Å². The topological polar surface area (TPSA) is 92.9 Å². The number of hydrogen-bond acceptors (Lipinski definition) is 5. The molecule has 1 aromatic heterocycles. The Bertz CT molecular complexity index is 287. The third-order valence-electron chi connectivity index (χ3n) is 1.97. The van der Waals surface area contributed by atoms with Crippen LogP contribution in [0, 0.1) is 0 Å². The first-order chi connectivity index (χ1) is 7.22. The van der Waals surface area contributed by atoms with Gasteiger partial charge >= 0.3 is 0 Å². The normalized spacial score (nSPS) is 12.4. The van der Waals surface area contributed by atoms with Gasteiger partial charge in [0, 0.05) is 6.54 Å². The van der Waals surface area contributed by atoms with Gasteiger partial charge < -0.3 is 10.4 Å². The molecular weight excluding hydrogens is 198 g/mol. The Balaban J connectivity index is 2.14. The molecule has 0 bridgehead atoms. The van der Waals surface area contributed by atoms with E-state index in [0.29, 0.717) is 19.4 Å². The van der Waals surface area contributed by atoms with Gasteiger partial charge in [0.05, 0.1) is 6.10 Å². The predicted octanol–water partition coefficient (Wildman–Crippen LogP) is -1.05. The van der Waals surface area contributed by atoms with Crippen LogP contribution < -0.4 is 5.32 Å². The van der Waals surface area contributed by atoms with Crippen molar-refractivity contribution in [3.63, 3.8) is 0 Å². The highest BCUT2D eigenvalue weighted by Gasteiger charge is 2.04. The van der Waals surface area contributed by atoms with Gasteiger partial charge in [-0.3, -0.25) is 4.79 Å². The van der Waals surface area contributed by atoms with Crippen molar-refractivity contribution in [2.45, 2.75) is 32.4 Å². The first-order valence-corrected chi connectivity index (χ1v) is 4.88. The summed E-state index contributed by atoms with van der Waals surface area (Å²) in [5, 5.41) is 22.3. The van der Waals surface area contributed by atoms with Crippen LogP contribution in [0.25, 0.3) is 0 Å². The van der Waals surface area contributed by atoms with E-state index in [2.05, 4.69) is 20.8 Å². The second-order valence-electron chi connectivity index (χ2n) is 3.21. The number of aromatic nitrogens is 4. The number of aliphatic hydroxyl groups is 1. The van der Waals surface area contributed by atoms with Crippen molar-refractivity contribution in [1.82, 2.24) is 25.5 Å². The summed E-state index contributed by atoms with van der Waals surface area (Å²) in [6.07, 6.45) is 2.29. The van der Waals surface area contributed by atoms with Gasteiger partial charge in [0.15, 0.2) is 0 Å². The Labute approximate surface area is 87.5 Å². The fraction of sp³-hybridized carbons (Fsp3) is 0.750. The molecule has 0 aromatic carbocycles. The average molecular weight is 213 g/mol. The van der Waals surface area contributed by atoms with E-state index < -0.39 is 0 Å².